The maximum Gasteiger partial charge on any atom is 0.273 e. The second-order valence-electron chi connectivity index (χ2n) is 7.04. The van der Waals surface area contributed by atoms with Crippen LogP contribution in [0.1, 0.15) is 47.8 Å². The van der Waals surface area contributed by atoms with E-state index >= 15 is 0 Å². The number of piperidine rings is 1. The summed E-state index contributed by atoms with van der Waals surface area (Å²) in [7, 11) is 0. The van der Waals surface area contributed by atoms with E-state index in [0.29, 0.717) is 18.3 Å². The third-order valence-corrected chi connectivity index (χ3v) is 5.30. The van der Waals surface area contributed by atoms with Gasteiger partial charge in [-0.15, -0.1) is 5.10 Å². The van der Waals surface area contributed by atoms with Crippen LogP contribution in [0.15, 0.2) is 30.5 Å². The van der Waals surface area contributed by atoms with Gasteiger partial charge in [-0.05, 0) is 56.5 Å². The Bertz CT molecular complexity index is 764. The van der Waals surface area contributed by atoms with Crippen LogP contribution in [0.25, 0.3) is 0 Å². The van der Waals surface area contributed by atoms with Crippen molar-refractivity contribution in [2.75, 3.05) is 19.6 Å². The molecule has 0 atom stereocenters. The number of benzene rings is 1. The van der Waals surface area contributed by atoms with Crippen LogP contribution >= 0.6 is 0 Å². The topological polar surface area (TPSA) is 71.8 Å². The van der Waals surface area contributed by atoms with E-state index in [2.05, 4.69) is 20.9 Å². The number of aromatic nitrogens is 3. The molecule has 7 heteroatoms. The van der Waals surface area contributed by atoms with E-state index in [1.54, 1.807) is 23.0 Å². The third-order valence-electron chi connectivity index (χ3n) is 5.30. The molecule has 0 radical (unpaired) electrons. The van der Waals surface area contributed by atoms with Crippen molar-refractivity contribution in [3.63, 3.8) is 0 Å². The molecule has 0 spiro atoms. The van der Waals surface area contributed by atoms with E-state index in [1.165, 1.54) is 6.07 Å². The Labute approximate surface area is 145 Å². The van der Waals surface area contributed by atoms with Crippen LogP contribution in [-0.4, -0.2) is 40.5 Å². The largest absolute Gasteiger partial charge is 0.350 e. The number of carbonyl (C=O) groups is 1. The van der Waals surface area contributed by atoms with Crippen LogP contribution < -0.4 is 10.6 Å². The van der Waals surface area contributed by atoms with Gasteiger partial charge in [-0.2, -0.15) is 0 Å². The average molecular weight is 343 g/mol. The lowest BCUT2D eigenvalue weighted by Gasteiger charge is -2.22. The molecule has 1 saturated heterocycles. The highest BCUT2D eigenvalue weighted by Crippen LogP contribution is 2.47. The molecule has 1 aliphatic carbocycles. The van der Waals surface area contributed by atoms with Crippen molar-refractivity contribution in [2.45, 2.75) is 37.1 Å². The van der Waals surface area contributed by atoms with E-state index in [0.717, 1.165) is 44.3 Å². The summed E-state index contributed by atoms with van der Waals surface area (Å²) in [6.07, 6.45) is 5.63. The number of hydrogen-bond acceptors (Lipinski definition) is 4. The Balaban J connectivity index is 1.38. The van der Waals surface area contributed by atoms with Gasteiger partial charge in [-0.1, -0.05) is 17.3 Å². The van der Waals surface area contributed by atoms with Gasteiger partial charge in [0, 0.05) is 12.0 Å². The number of carbonyl (C=O) groups excluding carboxylic acids is 1. The molecule has 0 bridgehead atoms. The van der Waals surface area contributed by atoms with Gasteiger partial charge in [0.15, 0.2) is 5.69 Å². The maximum absolute atomic E-state index is 13.5. The molecule has 132 valence electrons. The van der Waals surface area contributed by atoms with Crippen molar-refractivity contribution in [1.29, 1.82) is 0 Å². The zero-order valence-corrected chi connectivity index (χ0v) is 14.0. The Morgan fingerprint density at radius 1 is 1.36 bits per heavy atom. The average Bonchev–Trinajstić information content (AvgIpc) is 3.27. The van der Waals surface area contributed by atoms with Gasteiger partial charge < -0.3 is 10.6 Å². The van der Waals surface area contributed by atoms with Gasteiger partial charge in [-0.25, -0.2) is 9.07 Å². The van der Waals surface area contributed by atoms with Crippen molar-refractivity contribution < 1.29 is 9.18 Å². The molecule has 1 amide bonds. The van der Waals surface area contributed by atoms with E-state index in [4.69, 9.17) is 0 Å². The number of nitrogens with one attached hydrogen (secondary N) is 2. The van der Waals surface area contributed by atoms with E-state index in [-0.39, 0.29) is 17.1 Å². The number of rotatable bonds is 5. The van der Waals surface area contributed by atoms with E-state index in [1.807, 2.05) is 6.07 Å². The highest BCUT2D eigenvalue weighted by atomic mass is 19.1. The second kappa shape index (κ2) is 6.55. The predicted octanol–water partition coefficient (Wildman–Crippen LogP) is 1.80. The standard InChI is InChI=1S/C18H22FN5O/c19-14-3-1-2-13(10-14)18(6-7-18)12-21-17(25)16-11-24(23-22-16)15-4-8-20-9-5-15/h1-3,10-11,15,20H,4-9,12H2,(H,21,25). The lowest BCUT2D eigenvalue weighted by atomic mass is 9.96. The summed E-state index contributed by atoms with van der Waals surface area (Å²) in [5.74, 6) is -0.456. The summed E-state index contributed by atoms with van der Waals surface area (Å²) in [5.41, 5.74) is 1.16. The molecule has 4 rings (SSSR count). The van der Waals surface area contributed by atoms with Crippen molar-refractivity contribution in [1.82, 2.24) is 25.6 Å². The summed E-state index contributed by atoms with van der Waals surface area (Å²) in [6.45, 7) is 2.42. The highest BCUT2D eigenvalue weighted by Gasteiger charge is 2.44. The minimum absolute atomic E-state index is 0.136. The van der Waals surface area contributed by atoms with Crippen LogP contribution in [0, 0.1) is 5.82 Å². The van der Waals surface area contributed by atoms with Crippen LogP contribution in [0.2, 0.25) is 0 Å². The summed E-state index contributed by atoms with van der Waals surface area (Å²) < 4.78 is 15.3. The number of halogens is 1. The molecule has 6 nitrogen and oxygen atoms in total. The second-order valence-corrected chi connectivity index (χ2v) is 7.04. The fraction of sp³-hybridized carbons (Fsp3) is 0.500. The summed E-state index contributed by atoms with van der Waals surface area (Å²) >= 11 is 0. The molecule has 2 aliphatic rings. The van der Waals surface area contributed by atoms with Crippen LogP contribution in [-0.2, 0) is 5.41 Å². The Hall–Kier alpha value is -2.28. The molecular formula is C18H22FN5O. The number of hydrogen-bond donors (Lipinski definition) is 2. The van der Waals surface area contributed by atoms with Crippen molar-refractivity contribution in [3.05, 3.63) is 47.5 Å². The lowest BCUT2D eigenvalue weighted by molar-refractivity contribution is 0.0944. The molecule has 2 N–H and O–H groups in total. The lowest BCUT2D eigenvalue weighted by Crippen LogP contribution is -2.32. The monoisotopic (exact) mass is 343 g/mol. The summed E-state index contributed by atoms with van der Waals surface area (Å²) in [6, 6.07) is 6.95. The van der Waals surface area contributed by atoms with Crippen molar-refractivity contribution in [3.8, 4) is 0 Å². The molecule has 2 aromatic rings. The predicted molar refractivity (Wildman–Crippen MR) is 90.8 cm³/mol. The third kappa shape index (κ3) is 3.42. The van der Waals surface area contributed by atoms with Crippen LogP contribution in [0.3, 0.4) is 0 Å². The van der Waals surface area contributed by atoms with Gasteiger partial charge in [0.05, 0.1) is 12.2 Å². The fourth-order valence-electron chi connectivity index (χ4n) is 3.51. The molecule has 25 heavy (non-hydrogen) atoms. The normalized spacial score (nSPS) is 19.6. The van der Waals surface area contributed by atoms with Crippen molar-refractivity contribution >= 4 is 5.91 Å². The van der Waals surface area contributed by atoms with Gasteiger partial charge >= 0.3 is 0 Å². The highest BCUT2D eigenvalue weighted by molar-refractivity contribution is 5.91. The zero-order chi connectivity index (χ0) is 17.3. The fourth-order valence-corrected chi connectivity index (χ4v) is 3.51. The van der Waals surface area contributed by atoms with Crippen LogP contribution in [0.4, 0.5) is 4.39 Å². The molecular weight excluding hydrogens is 321 g/mol. The zero-order valence-electron chi connectivity index (χ0n) is 14.0. The van der Waals surface area contributed by atoms with Gasteiger partial charge in [0.25, 0.3) is 5.91 Å². The quantitative estimate of drug-likeness (QED) is 0.868. The molecule has 1 saturated carbocycles. The maximum atomic E-state index is 13.5. The minimum Gasteiger partial charge on any atom is -0.350 e. The summed E-state index contributed by atoms with van der Waals surface area (Å²) in [5, 5.41) is 14.4. The molecule has 2 heterocycles. The van der Waals surface area contributed by atoms with E-state index in [9.17, 15) is 9.18 Å². The van der Waals surface area contributed by atoms with Gasteiger partial charge in [0.1, 0.15) is 5.82 Å². The van der Waals surface area contributed by atoms with Crippen LogP contribution in [0.5, 0.6) is 0 Å². The molecule has 1 aromatic carbocycles. The molecule has 1 aliphatic heterocycles. The Morgan fingerprint density at radius 2 is 2.16 bits per heavy atom. The van der Waals surface area contributed by atoms with E-state index < -0.39 is 0 Å². The first-order valence-corrected chi connectivity index (χ1v) is 8.83. The number of amides is 1. The minimum atomic E-state index is -0.236. The Morgan fingerprint density at radius 3 is 2.88 bits per heavy atom. The van der Waals surface area contributed by atoms with Crippen molar-refractivity contribution in [2.24, 2.45) is 0 Å². The number of nitrogens with zero attached hydrogens (tertiary/aromatic N) is 3. The Kier molecular flexibility index (Phi) is 4.25. The van der Waals surface area contributed by atoms with Gasteiger partial charge in [0.2, 0.25) is 0 Å². The molecule has 2 fully saturated rings. The molecule has 1 aromatic heterocycles. The first-order valence-electron chi connectivity index (χ1n) is 8.83. The molecule has 0 unspecified atom stereocenters. The smallest absolute Gasteiger partial charge is 0.273 e. The SMILES string of the molecule is O=C(NCC1(c2cccc(F)c2)CC1)c1cn(C2CCNCC2)nn1. The summed E-state index contributed by atoms with van der Waals surface area (Å²) in [4.78, 5) is 12.4. The first-order chi connectivity index (χ1) is 12.2. The first kappa shape index (κ1) is 16.2. The van der Waals surface area contributed by atoms with Gasteiger partial charge in [-0.3, -0.25) is 4.79 Å².